The maximum Gasteiger partial charge on any atom is 0.262 e. The van der Waals surface area contributed by atoms with Gasteiger partial charge in [0.2, 0.25) is 5.91 Å². The summed E-state index contributed by atoms with van der Waals surface area (Å²) in [5.74, 6) is -0.373. The van der Waals surface area contributed by atoms with Gasteiger partial charge in [-0.3, -0.25) is 14.2 Å². The van der Waals surface area contributed by atoms with Gasteiger partial charge in [-0.15, -0.1) is 0 Å². The highest BCUT2D eigenvalue weighted by molar-refractivity contribution is 8.00. The number of fused-ring (bicyclic) bond motifs is 1. The quantitative estimate of drug-likeness (QED) is 0.429. The van der Waals surface area contributed by atoms with E-state index >= 15 is 0 Å². The molecule has 6 heteroatoms. The van der Waals surface area contributed by atoms with Gasteiger partial charge in [0, 0.05) is 6.54 Å². The van der Waals surface area contributed by atoms with Crippen molar-refractivity contribution in [1.29, 1.82) is 0 Å². The molecule has 0 bridgehead atoms. The summed E-state index contributed by atoms with van der Waals surface area (Å²) in [5.41, 5.74) is 6.08. The second kappa shape index (κ2) is 8.87. The van der Waals surface area contributed by atoms with Crippen LogP contribution in [0.15, 0.2) is 34.2 Å². The van der Waals surface area contributed by atoms with E-state index < -0.39 is 0 Å². The van der Waals surface area contributed by atoms with E-state index in [9.17, 15) is 9.59 Å². The van der Waals surface area contributed by atoms with Gasteiger partial charge < -0.3 is 5.73 Å². The van der Waals surface area contributed by atoms with Crippen LogP contribution in [0.2, 0.25) is 0 Å². The minimum atomic E-state index is -0.375. The maximum absolute atomic E-state index is 12.8. The van der Waals surface area contributed by atoms with Gasteiger partial charge in [0.1, 0.15) is 0 Å². The lowest BCUT2D eigenvalue weighted by atomic mass is 10.2. The van der Waals surface area contributed by atoms with Crippen LogP contribution in [0.5, 0.6) is 0 Å². The topological polar surface area (TPSA) is 78.0 Å². The summed E-state index contributed by atoms with van der Waals surface area (Å²) in [6, 6.07) is 7.33. The molecule has 0 radical (unpaired) electrons. The number of rotatable bonds is 9. The number of nitrogens with zero attached hydrogens (tertiary/aromatic N) is 2. The third kappa shape index (κ3) is 4.38. The monoisotopic (exact) mass is 347 g/mol. The van der Waals surface area contributed by atoms with E-state index in [2.05, 4.69) is 11.9 Å². The molecule has 0 aliphatic heterocycles. The Kier molecular flexibility index (Phi) is 6.85. The van der Waals surface area contributed by atoms with Gasteiger partial charge in [-0.25, -0.2) is 4.98 Å². The SMILES string of the molecule is CCCCCCn1c(SC(CC)C(N)=O)nc2ccccc2c1=O. The van der Waals surface area contributed by atoms with Gasteiger partial charge in [-0.05, 0) is 25.0 Å². The smallest absolute Gasteiger partial charge is 0.262 e. The average Bonchev–Trinajstić information content (AvgIpc) is 2.58. The number of primary amides is 1. The number of unbranched alkanes of at least 4 members (excludes halogenated alkanes) is 3. The average molecular weight is 347 g/mol. The lowest BCUT2D eigenvalue weighted by Crippen LogP contribution is -2.28. The summed E-state index contributed by atoms with van der Waals surface area (Å²) in [4.78, 5) is 29.0. The van der Waals surface area contributed by atoms with Crippen molar-refractivity contribution in [3.8, 4) is 0 Å². The Labute approximate surface area is 146 Å². The third-order valence-electron chi connectivity index (χ3n) is 4.00. The zero-order valence-electron chi connectivity index (χ0n) is 14.3. The Morgan fingerprint density at radius 3 is 2.67 bits per heavy atom. The lowest BCUT2D eigenvalue weighted by molar-refractivity contribution is -0.117. The van der Waals surface area contributed by atoms with Crippen LogP contribution in [0.4, 0.5) is 0 Å². The van der Waals surface area contributed by atoms with E-state index in [1.54, 1.807) is 10.6 Å². The first-order valence-electron chi connectivity index (χ1n) is 8.54. The molecule has 0 saturated carbocycles. The molecule has 130 valence electrons. The van der Waals surface area contributed by atoms with Crippen molar-refractivity contribution in [3.63, 3.8) is 0 Å². The molecule has 5 nitrogen and oxygen atoms in total. The zero-order valence-corrected chi connectivity index (χ0v) is 15.1. The fourth-order valence-electron chi connectivity index (χ4n) is 2.60. The molecule has 1 atom stereocenters. The van der Waals surface area contributed by atoms with Crippen LogP contribution in [0.25, 0.3) is 10.9 Å². The summed E-state index contributed by atoms with van der Waals surface area (Å²) >= 11 is 1.29. The molecule has 24 heavy (non-hydrogen) atoms. The molecule has 0 spiro atoms. The Hall–Kier alpha value is -1.82. The minimum absolute atomic E-state index is 0.0427. The highest BCUT2D eigenvalue weighted by Gasteiger charge is 2.19. The Morgan fingerprint density at radius 2 is 2.00 bits per heavy atom. The summed E-state index contributed by atoms with van der Waals surface area (Å²) in [7, 11) is 0. The van der Waals surface area contributed by atoms with Gasteiger partial charge in [0.15, 0.2) is 5.16 Å². The highest BCUT2D eigenvalue weighted by Crippen LogP contribution is 2.24. The minimum Gasteiger partial charge on any atom is -0.369 e. The number of carbonyl (C=O) groups excluding carboxylic acids is 1. The molecule has 2 aromatic rings. The van der Waals surface area contributed by atoms with Crippen LogP contribution >= 0.6 is 11.8 Å². The van der Waals surface area contributed by atoms with Crippen molar-refractivity contribution in [1.82, 2.24) is 9.55 Å². The number of hydrogen-bond acceptors (Lipinski definition) is 4. The van der Waals surface area contributed by atoms with Crippen LogP contribution in [0.1, 0.15) is 46.0 Å². The molecular weight excluding hydrogens is 322 g/mol. The van der Waals surface area contributed by atoms with Gasteiger partial charge in [0.05, 0.1) is 16.2 Å². The fourth-order valence-corrected chi connectivity index (χ4v) is 3.59. The number of thioether (sulfide) groups is 1. The Balaban J connectivity index is 2.41. The predicted molar refractivity (Wildman–Crippen MR) is 99.3 cm³/mol. The van der Waals surface area contributed by atoms with Crippen molar-refractivity contribution < 1.29 is 4.79 Å². The molecule has 1 aromatic heterocycles. The van der Waals surface area contributed by atoms with Crippen LogP contribution in [-0.2, 0) is 11.3 Å². The van der Waals surface area contributed by atoms with E-state index in [0.29, 0.717) is 29.0 Å². The van der Waals surface area contributed by atoms with Crippen LogP contribution in [0, 0.1) is 0 Å². The molecule has 2 rings (SSSR count). The fraction of sp³-hybridized carbons (Fsp3) is 0.500. The first-order chi connectivity index (χ1) is 11.6. The number of nitrogens with two attached hydrogens (primary N) is 1. The lowest BCUT2D eigenvalue weighted by Gasteiger charge is -2.16. The number of amides is 1. The highest BCUT2D eigenvalue weighted by atomic mass is 32.2. The molecule has 1 aromatic carbocycles. The second-order valence-electron chi connectivity index (χ2n) is 5.85. The molecule has 0 fully saturated rings. The number of aromatic nitrogens is 2. The molecule has 0 aliphatic rings. The van der Waals surface area contributed by atoms with Gasteiger partial charge in [-0.1, -0.05) is 57.0 Å². The first kappa shape index (κ1) is 18.5. The summed E-state index contributed by atoms with van der Waals surface area (Å²) < 4.78 is 1.70. The van der Waals surface area contributed by atoms with E-state index in [1.807, 2.05) is 25.1 Å². The summed E-state index contributed by atoms with van der Waals surface area (Å²) in [6.45, 7) is 4.69. The largest absolute Gasteiger partial charge is 0.369 e. The predicted octanol–water partition coefficient (Wildman–Crippen LogP) is 3.33. The molecule has 1 heterocycles. The van der Waals surface area contributed by atoms with E-state index in [4.69, 9.17) is 5.73 Å². The van der Waals surface area contributed by atoms with Crippen molar-refractivity contribution in [3.05, 3.63) is 34.6 Å². The summed E-state index contributed by atoms with van der Waals surface area (Å²) in [6.07, 6.45) is 4.91. The van der Waals surface area contributed by atoms with Gasteiger partial charge >= 0.3 is 0 Å². The molecular formula is C18H25N3O2S. The molecule has 1 amide bonds. The maximum atomic E-state index is 12.8. The first-order valence-corrected chi connectivity index (χ1v) is 9.42. The normalized spacial score (nSPS) is 12.4. The van der Waals surface area contributed by atoms with Crippen LogP contribution in [-0.4, -0.2) is 20.7 Å². The molecule has 2 N–H and O–H groups in total. The van der Waals surface area contributed by atoms with Gasteiger partial charge in [0.25, 0.3) is 5.56 Å². The van der Waals surface area contributed by atoms with Crippen molar-refractivity contribution >= 4 is 28.6 Å². The number of benzene rings is 1. The van der Waals surface area contributed by atoms with E-state index in [0.717, 1.165) is 25.7 Å². The standard InChI is InChI=1S/C18H25N3O2S/c1-3-5-6-9-12-21-17(23)13-10-7-8-11-14(13)20-18(21)24-15(4-2)16(19)22/h7-8,10-11,15H,3-6,9,12H2,1-2H3,(H2,19,22). The van der Waals surface area contributed by atoms with E-state index in [-0.39, 0.29) is 16.7 Å². The second-order valence-corrected chi connectivity index (χ2v) is 7.02. The van der Waals surface area contributed by atoms with Gasteiger partial charge in [-0.2, -0.15) is 0 Å². The van der Waals surface area contributed by atoms with Crippen molar-refractivity contribution in [2.75, 3.05) is 0 Å². The van der Waals surface area contributed by atoms with Crippen LogP contribution in [0.3, 0.4) is 0 Å². The third-order valence-corrected chi connectivity index (χ3v) is 5.37. The molecule has 1 unspecified atom stereocenters. The summed E-state index contributed by atoms with van der Waals surface area (Å²) in [5, 5.41) is 0.824. The van der Waals surface area contributed by atoms with Crippen LogP contribution < -0.4 is 11.3 Å². The van der Waals surface area contributed by atoms with Crippen molar-refractivity contribution in [2.45, 2.75) is 62.9 Å². The van der Waals surface area contributed by atoms with Crippen molar-refractivity contribution in [2.24, 2.45) is 5.73 Å². The number of para-hydroxylation sites is 1. The molecule has 0 aliphatic carbocycles. The number of carbonyl (C=O) groups is 1. The molecule has 0 saturated heterocycles. The zero-order chi connectivity index (χ0) is 17.5. The number of hydrogen-bond donors (Lipinski definition) is 1. The Bertz CT molecular complexity index is 758. The van der Waals surface area contributed by atoms with E-state index in [1.165, 1.54) is 11.8 Å². The Morgan fingerprint density at radius 1 is 1.25 bits per heavy atom.